The van der Waals surface area contributed by atoms with Crippen molar-refractivity contribution in [1.82, 2.24) is 10.6 Å². The van der Waals surface area contributed by atoms with Gasteiger partial charge >= 0.3 is 11.8 Å². The molecule has 0 radical (unpaired) electrons. The quantitative estimate of drug-likeness (QED) is 0.406. The summed E-state index contributed by atoms with van der Waals surface area (Å²) in [6.07, 6.45) is 0. The summed E-state index contributed by atoms with van der Waals surface area (Å²) in [7, 11) is 0. The van der Waals surface area contributed by atoms with Crippen molar-refractivity contribution in [3.05, 3.63) is 0 Å². The first-order chi connectivity index (χ1) is 8.24. The van der Waals surface area contributed by atoms with E-state index >= 15 is 0 Å². The maximum absolute atomic E-state index is 11.3. The molecule has 0 aromatic rings. The number of aliphatic hydroxyl groups is 1. The molecule has 0 aliphatic carbocycles. The molecule has 1 rings (SSSR count). The number of hydrogen-bond acceptors (Lipinski definition) is 6. The molecule has 0 unspecified atom stereocenters. The molecule has 1 heterocycles. The number of aliphatic imine (C=N–C) groups is 1. The Kier molecular flexibility index (Phi) is 6.60. The zero-order valence-electron chi connectivity index (χ0n) is 9.27. The van der Waals surface area contributed by atoms with Gasteiger partial charge in [0.05, 0.1) is 26.4 Å². The Balaban J connectivity index is 2.11. The van der Waals surface area contributed by atoms with Crippen molar-refractivity contribution in [3.8, 4) is 0 Å². The number of nitrogens with one attached hydrogen (secondary N) is 2. The summed E-state index contributed by atoms with van der Waals surface area (Å²) in [6.45, 7) is 1.30. The van der Waals surface area contributed by atoms with E-state index in [-0.39, 0.29) is 26.4 Å². The number of thioether (sulfide) groups is 1. The fourth-order valence-electron chi connectivity index (χ4n) is 1.05. The van der Waals surface area contributed by atoms with Crippen LogP contribution in [0.5, 0.6) is 0 Å². The normalized spacial score (nSPS) is 14.3. The van der Waals surface area contributed by atoms with E-state index in [4.69, 9.17) is 9.84 Å². The molecule has 8 heteroatoms. The van der Waals surface area contributed by atoms with Crippen molar-refractivity contribution in [2.24, 2.45) is 4.99 Å². The Labute approximate surface area is 103 Å². The second-order valence-corrected chi connectivity index (χ2v) is 4.16. The van der Waals surface area contributed by atoms with Crippen LogP contribution in [0, 0.1) is 0 Å². The summed E-state index contributed by atoms with van der Waals surface area (Å²) in [4.78, 5) is 26.6. The van der Waals surface area contributed by atoms with Crippen LogP contribution in [0.3, 0.4) is 0 Å². The van der Waals surface area contributed by atoms with Crippen LogP contribution in [0.2, 0.25) is 0 Å². The van der Waals surface area contributed by atoms with Gasteiger partial charge in [-0.3, -0.25) is 19.9 Å². The van der Waals surface area contributed by atoms with Gasteiger partial charge in [-0.2, -0.15) is 0 Å². The topological polar surface area (TPSA) is 100 Å². The molecule has 0 saturated heterocycles. The number of carbonyl (C=O) groups is 2. The van der Waals surface area contributed by atoms with Crippen molar-refractivity contribution in [2.75, 3.05) is 38.7 Å². The summed E-state index contributed by atoms with van der Waals surface area (Å²) in [5, 5.41) is 13.7. The van der Waals surface area contributed by atoms with Gasteiger partial charge in [-0.25, -0.2) is 0 Å². The zero-order valence-corrected chi connectivity index (χ0v) is 10.1. The van der Waals surface area contributed by atoms with Crippen LogP contribution >= 0.6 is 11.8 Å². The highest BCUT2D eigenvalue weighted by Crippen LogP contribution is 2.08. The van der Waals surface area contributed by atoms with E-state index in [1.165, 1.54) is 11.8 Å². The molecule has 2 amide bonds. The van der Waals surface area contributed by atoms with Crippen LogP contribution in [0.1, 0.15) is 0 Å². The molecule has 0 spiro atoms. The lowest BCUT2D eigenvalue weighted by atomic mass is 10.5. The van der Waals surface area contributed by atoms with Gasteiger partial charge in [0.2, 0.25) is 0 Å². The number of hydrogen-bond donors (Lipinski definition) is 3. The number of amidine groups is 1. The van der Waals surface area contributed by atoms with Crippen molar-refractivity contribution < 1.29 is 19.4 Å². The largest absolute Gasteiger partial charge is 0.394 e. The molecule has 0 fully saturated rings. The number of nitrogens with zero attached hydrogens (tertiary/aromatic N) is 1. The second-order valence-electron chi connectivity index (χ2n) is 3.08. The van der Waals surface area contributed by atoms with Gasteiger partial charge in [-0.1, -0.05) is 11.8 Å². The first kappa shape index (κ1) is 13.9. The average Bonchev–Trinajstić information content (AvgIpc) is 2.81. The molecule has 0 aromatic heterocycles. The van der Waals surface area contributed by atoms with Gasteiger partial charge in [-0.05, 0) is 0 Å². The van der Waals surface area contributed by atoms with E-state index < -0.39 is 11.8 Å². The highest BCUT2D eigenvalue weighted by atomic mass is 32.2. The predicted molar refractivity (Wildman–Crippen MR) is 63.8 cm³/mol. The van der Waals surface area contributed by atoms with Crippen molar-refractivity contribution in [2.45, 2.75) is 0 Å². The lowest BCUT2D eigenvalue weighted by Crippen LogP contribution is -2.42. The van der Waals surface area contributed by atoms with Crippen LogP contribution in [0.25, 0.3) is 0 Å². The highest BCUT2D eigenvalue weighted by molar-refractivity contribution is 8.14. The summed E-state index contributed by atoms with van der Waals surface area (Å²) < 4.78 is 4.92. The van der Waals surface area contributed by atoms with E-state index in [2.05, 4.69) is 15.6 Å². The van der Waals surface area contributed by atoms with E-state index in [1.54, 1.807) is 0 Å². The molecule has 0 bridgehead atoms. The molecular weight excluding hydrogens is 246 g/mol. The van der Waals surface area contributed by atoms with Crippen LogP contribution in [-0.2, 0) is 14.3 Å². The predicted octanol–water partition coefficient (Wildman–Crippen LogP) is -1.67. The molecule has 1 aliphatic rings. The summed E-state index contributed by atoms with van der Waals surface area (Å²) >= 11 is 1.41. The zero-order chi connectivity index (χ0) is 12.5. The standard InChI is InChI=1S/C9H15N3O4S/c13-3-5-16-4-1-10-7(14)8(15)12-9-11-2-6-17-9/h13H,1-6H2,(H,10,14)(H,11,12,15). The molecule has 0 atom stereocenters. The minimum Gasteiger partial charge on any atom is -0.394 e. The third-order valence-electron chi connectivity index (χ3n) is 1.78. The number of carbonyl (C=O) groups excluding carboxylic acids is 2. The first-order valence-electron chi connectivity index (χ1n) is 5.19. The van der Waals surface area contributed by atoms with Gasteiger partial charge in [0.1, 0.15) is 0 Å². The van der Waals surface area contributed by atoms with Gasteiger partial charge < -0.3 is 15.2 Å². The number of rotatable bonds is 5. The fourth-order valence-corrected chi connectivity index (χ4v) is 1.77. The SMILES string of the molecule is O=C(NCCOCCO)C(=O)NC1=NCCS1. The fraction of sp³-hybridized carbons (Fsp3) is 0.667. The van der Waals surface area contributed by atoms with Gasteiger partial charge in [0, 0.05) is 12.3 Å². The first-order valence-corrected chi connectivity index (χ1v) is 6.17. The van der Waals surface area contributed by atoms with E-state index in [0.29, 0.717) is 11.7 Å². The Bertz CT molecular complexity index is 309. The number of amides is 2. The van der Waals surface area contributed by atoms with Crippen molar-refractivity contribution in [3.63, 3.8) is 0 Å². The monoisotopic (exact) mass is 261 g/mol. The van der Waals surface area contributed by atoms with Gasteiger partial charge in [-0.15, -0.1) is 0 Å². The Morgan fingerprint density at radius 3 is 2.88 bits per heavy atom. The van der Waals surface area contributed by atoms with Crippen molar-refractivity contribution >= 4 is 28.7 Å². The highest BCUT2D eigenvalue weighted by Gasteiger charge is 2.16. The summed E-state index contributed by atoms with van der Waals surface area (Å²) in [6, 6.07) is 0. The molecule has 3 N–H and O–H groups in total. The maximum atomic E-state index is 11.3. The molecule has 0 aromatic carbocycles. The molecule has 17 heavy (non-hydrogen) atoms. The molecule has 7 nitrogen and oxygen atoms in total. The van der Waals surface area contributed by atoms with E-state index in [1.807, 2.05) is 0 Å². The lowest BCUT2D eigenvalue weighted by molar-refractivity contribution is -0.138. The van der Waals surface area contributed by atoms with Crippen LogP contribution in [-0.4, -0.2) is 60.8 Å². The van der Waals surface area contributed by atoms with Crippen molar-refractivity contribution in [1.29, 1.82) is 0 Å². The number of aliphatic hydroxyl groups excluding tert-OH is 1. The smallest absolute Gasteiger partial charge is 0.315 e. The number of ether oxygens (including phenoxy) is 1. The summed E-state index contributed by atoms with van der Waals surface area (Å²) in [5.41, 5.74) is 0. The maximum Gasteiger partial charge on any atom is 0.315 e. The minimum atomic E-state index is -0.722. The van der Waals surface area contributed by atoms with Crippen LogP contribution in [0.4, 0.5) is 0 Å². The van der Waals surface area contributed by atoms with Crippen LogP contribution in [0.15, 0.2) is 4.99 Å². The van der Waals surface area contributed by atoms with E-state index in [0.717, 1.165) is 5.75 Å². The Morgan fingerprint density at radius 1 is 1.41 bits per heavy atom. The molecule has 96 valence electrons. The third kappa shape index (κ3) is 5.66. The van der Waals surface area contributed by atoms with Gasteiger partial charge in [0.25, 0.3) is 0 Å². The lowest BCUT2D eigenvalue weighted by Gasteiger charge is -2.05. The molecular formula is C9H15N3O4S. The summed E-state index contributed by atoms with van der Waals surface area (Å²) in [5.74, 6) is -0.611. The Hall–Kier alpha value is -1.12. The molecule has 1 aliphatic heterocycles. The van der Waals surface area contributed by atoms with Crippen LogP contribution < -0.4 is 10.6 Å². The second kappa shape index (κ2) is 8.04. The third-order valence-corrected chi connectivity index (χ3v) is 2.67. The minimum absolute atomic E-state index is 0.0640. The van der Waals surface area contributed by atoms with Gasteiger partial charge in [0.15, 0.2) is 5.17 Å². The Morgan fingerprint density at radius 2 is 2.24 bits per heavy atom. The van der Waals surface area contributed by atoms with E-state index in [9.17, 15) is 9.59 Å². The molecule has 0 saturated carbocycles. The average molecular weight is 261 g/mol.